The van der Waals surface area contributed by atoms with Crippen molar-refractivity contribution in [3.05, 3.63) is 92.1 Å². The summed E-state index contributed by atoms with van der Waals surface area (Å²) >= 11 is 0. The standard InChI is InChI=1S/C36H44N6O5.K.H/c1-7-10-30-29(21-24-13-15-25(16-14-24)27-11-8-9-12-28(27)31-38-34(44)47-40-31)32(43)41(33-37-23(3)39-42(30)33)26-17-19-36(6,20-18-26)46-22(2)35(4,5)45;;/h8-9,11-16,22,26,45H,7,10,17-21H2,1-6H3,(H,38,40,44);;. The Morgan fingerprint density at radius 2 is 1.77 bits per heavy atom. The SMILES string of the molecule is CCCc1c(Cc2ccc(-c3ccccc3-c3noc(=O)[nH]3)cc2)c(=O)n(C2CCC(C)(OC(C)C(C)(C)O)CC2)c2nc(C)nn12.[KH]. The van der Waals surface area contributed by atoms with E-state index in [9.17, 15) is 14.7 Å². The van der Waals surface area contributed by atoms with E-state index in [1.807, 2.05) is 71.5 Å². The maximum atomic E-state index is 14.5. The molecule has 6 rings (SSSR count). The quantitative estimate of drug-likeness (QED) is 0.193. The van der Waals surface area contributed by atoms with Crippen molar-refractivity contribution in [2.45, 2.75) is 110 Å². The molecule has 3 heterocycles. The zero-order valence-corrected chi connectivity index (χ0v) is 28.0. The van der Waals surface area contributed by atoms with Gasteiger partial charge in [0.1, 0.15) is 5.82 Å². The fourth-order valence-corrected chi connectivity index (χ4v) is 6.68. The molecule has 1 aliphatic carbocycles. The number of fused-ring (bicyclic) bond motifs is 1. The summed E-state index contributed by atoms with van der Waals surface area (Å²) in [5, 5.41) is 19.1. The number of aliphatic hydroxyl groups is 1. The van der Waals surface area contributed by atoms with Crippen LogP contribution >= 0.6 is 0 Å². The van der Waals surface area contributed by atoms with E-state index in [1.54, 1.807) is 13.8 Å². The number of aromatic nitrogens is 6. The van der Waals surface area contributed by atoms with Crippen LogP contribution in [-0.2, 0) is 17.6 Å². The second kappa shape index (κ2) is 14.6. The molecule has 2 aromatic carbocycles. The summed E-state index contributed by atoms with van der Waals surface area (Å²) in [5.74, 6) is 0.996. The van der Waals surface area contributed by atoms with Gasteiger partial charge in [0.25, 0.3) is 5.56 Å². The Balaban J connectivity index is 0.00000451. The summed E-state index contributed by atoms with van der Waals surface area (Å²) in [6, 6.07) is 15.8. The molecule has 2 N–H and O–H groups in total. The first-order valence-corrected chi connectivity index (χ1v) is 16.5. The van der Waals surface area contributed by atoms with Crippen LogP contribution in [-0.4, -0.2) is 103 Å². The minimum absolute atomic E-state index is 0. The van der Waals surface area contributed by atoms with Crippen LogP contribution in [0.15, 0.2) is 62.6 Å². The van der Waals surface area contributed by atoms with Gasteiger partial charge >= 0.3 is 57.1 Å². The van der Waals surface area contributed by atoms with Gasteiger partial charge in [-0.25, -0.2) is 9.31 Å². The second-order valence-electron chi connectivity index (χ2n) is 13.7. The van der Waals surface area contributed by atoms with Crippen molar-refractivity contribution in [1.82, 2.24) is 29.3 Å². The zero-order chi connectivity index (χ0) is 33.5. The summed E-state index contributed by atoms with van der Waals surface area (Å²) in [7, 11) is 0. The van der Waals surface area contributed by atoms with Crippen LogP contribution in [0.4, 0.5) is 0 Å². The van der Waals surface area contributed by atoms with Crippen LogP contribution in [0.3, 0.4) is 0 Å². The normalized spacial score (nSPS) is 18.9. The minimum atomic E-state index is -0.940. The Morgan fingerprint density at radius 1 is 1.10 bits per heavy atom. The number of aromatic amines is 1. The summed E-state index contributed by atoms with van der Waals surface area (Å²) in [6.07, 6.45) is 4.76. The Morgan fingerprint density at radius 3 is 2.38 bits per heavy atom. The molecule has 11 nitrogen and oxygen atoms in total. The first kappa shape index (κ1) is 36.6. The molecule has 5 aromatic rings. The maximum absolute atomic E-state index is 14.5. The van der Waals surface area contributed by atoms with Gasteiger partial charge in [-0.05, 0) is 83.4 Å². The van der Waals surface area contributed by atoms with E-state index >= 15 is 0 Å². The number of hydrogen-bond donors (Lipinski definition) is 2. The Hall–Kier alpha value is -2.71. The van der Waals surface area contributed by atoms with Gasteiger partial charge in [-0.1, -0.05) is 67.0 Å². The van der Waals surface area contributed by atoms with E-state index in [1.165, 1.54) is 0 Å². The van der Waals surface area contributed by atoms with Crippen molar-refractivity contribution in [1.29, 1.82) is 0 Å². The van der Waals surface area contributed by atoms with Gasteiger partial charge in [0.05, 0.1) is 23.0 Å². The van der Waals surface area contributed by atoms with Crippen LogP contribution in [0.1, 0.15) is 95.4 Å². The van der Waals surface area contributed by atoms with Crippen LogP contribution in [0, 0.1) is 6.92 Å². The van der Waals surface area contributed by atoms with E-state index in [0.29, 0.717) is 30.3 Å². The van der Waals surface area contributed by atoms with Gasteiger partial charge in [0.2, 0.25) is 5.78 Å². The van der Waals surface area contributed by atoms with Crippen molar-refractivity contribution in [2.75, 3.05) is 0 Å². The third-order valence-corrected chi connectivity index (χ3v) is 9.58. The van der Waals surface area contributed by atoms with Crippen molar-refractivity contribution in [3.63, 3.8) is 0 Å². The topological polar surface area (TPSA) is 141 Å². The molecule has 1 atom stereocenters. The summed E-state index contributed by atoms with van der Waals surface area (Å²) < 4.78 is 14.9. The Kier molecular flexibility index (Phi) is 11.2. The molecule has 0 aliphatic heterocycles. The van der Waals surface area contributed by atoms with Crippen molar-refractivity contribution < 1.29 is 14.4 Å². The van der Waals surface area contributed by atoms with Gasteiger partial charge in [0.15, 0.2) is 5.82 Å². The Labute approximate surface area is 322 Å². The predicted octanol–water partition coefficient (Wildman–Crippen LogP) is 5.15. The number of aryl methyl sites for hydroxylation is 2. The third-order valence-electron chi connectivity index (χ3n) is 9.58. The molecule has 3 aromatic heterocycles. The molecule has 12 heteroatoms. The molecule has 0 spiro atoms. The third kappa shape index (κ3) is 7.54. The number of rotatable bonds is 10. The molecule has 0 saturated heterocycles. The van der Waals surface area contributed by atoms with Crippen molar-refractivity contribution in [3.8, 4) is 22.5 Å². The fourth-order valence-electron chi connectivity index (χ4n) is 6.68. The molecule has 0 amide bonds. The van der Waals surface area contributed by atoms with Crippen LogP contribution in [0.25, 0.3) is 28.3 Å². The predicted molar refractivity (Wildman–Crippen MR) is 187 cm³/mol. The molecule has 1 unspecified atom stereocenters. The molecule has 1 fully saturated rings. The summed E-state index contributed by atoms with van der Waals surface area (Å²) in [5.41, 5.74) is 3.92. The van der Waals surface area contributed by atoms with E-state index in [2.05, 4.69) is 24.0 Å². The van der Waals surface area contributed by atoms with Gasteiger partial charge in [0, 0.05) is 23.6 Å². The zero-order valence-electron chi connectivity index (χ0n) is 28.0. The molecule has 0 radical (unpaired) electrons. The number of ether oxygens (including phenoxy) is 1. The summed E-state index contributed by atoms with van der Waals surface area (Å²) in [6.45, 7) is 11.5. The average molecular weight is 681 g/mol. The number of H-pyrrole nitrogens is 1. The monoisotopic (exact) mass is 680 g/mol. The molecule has 0 bridgehead atoms. The van der Waals surface area contributed by atoms with Gasteiger partial charge < -0.3 is 9.84 Å². The van der Waals surface area contributed by atoms with Crippen molar-refractivity contribution in [2.24, 2.45) is 0 Å². The first-order chi connectivity index (χ1) is 22.4. The fraction of sp³-hybridized carbons (Fsp3) is 0.472. The number of nitrogens with one attached hydrogen (secondary N) is 1. The van der Waals surface area contributed by atoms with Crippen LogP contribution in [0.2, 0.25) is 0 Å². The molecule has 250 valence electrons. The van der Waals surface area contributed by atoms with E-state index in [4.69, 9.17) is 19.3 Å². The molecule has 48 heavy (non-hydrogen) atoms. The molecule has 1 saturated carbocycles. The molecule has 1 aliphatic rings. The van der Waals surface area contributed by atoms with Gasteiger partial charge in [-0.3, -0.25) is 18.9 Å². The number of benzene rings is 2. The molecular weight excluding hydrogens is 636 g/mol. The molecular formula is C36H45KN6O5. The summed E-state index contributed by atoms with van der Waals surface area (Å²) in [4.78, 5) is 33.5. The first-order valence-electron chi connectivity index (χ1n) is 16.5. The van der Waals surface area contributed by atoms with Gasteiger partial charge in [-0.15, -0.1) is 0 Å². The van der Waals surface area contributed by atoms with Crippen LogP contribution in [0.5, 0.6) is 0 Å². The number of hydrogen-bond acceptors (Lipinski definition) is 8. The van der Waals surface area contributed by atoms with E-state index < -0.39 is 11.4 Å². The second-order valence-corrected chi connectivity index (χ2v) is 13.7. The van der Waals surface area contributed by atoms with E-state index in [-0.39, 0.29) is 74.7 Å². The van der Waals surface area contributed by atoms with Crippen LogP contribution < -0.4 is 11.3 Å². The van der Waals surface area contributed by atoms with E-state index in [0.717, 1.165) is 65.6 Å². The average Bonchev–Trinajstić information content (AvgIpc) is 3.64. The van der Waals surface area contributed by atoms with Crippen molar-refractivity contribution >= 4 is 57.2 Å². The Bertz CT molecular complexity index is 1990. The number of nitrogens with zero attached hydrogens (tertiary/aromatic N) is 5. The van der Waals surface area contributed by atoms with Gasteiger partial charge in [-0.2, -0.15) is 10.1 Å².